The molecule has 2 aromatic heterocycles. The second-order valence-corrected chi connectivity index (χ2v) is 10.5. The summed E-state index contributed by atoms with van der Waals surface area (Å²) in [7, 11) is 0. The van der Waals surface area contributed by atoms with Crippen molar-refractivity contribution >= 4 is 11.6 Å². The molecule has 1 amide bonds. The van der Waals surface area contributed by atoms with Gasteiger partial charge in [-0.3, -0.25) is 19.4 Å². The van der Waals surface area contributed by atoms with Crippen LogP contribution in [0.3, 0.4) is 0 Å². The molecule has 0 bridgehead atoms. The molecule has 1 saturated heterocycles. The summed E-state index contributed by atoms with van der Waals surface area (Å²) in [5.41, 5.74) is 4.00. The summed E-state index contributed by atoms with van der Waals surface area (Å²) in [4.78, 5) is 22.6. The lowest BCUT2D eigenvalue weighted by Gasteiger charge is -2.39. The maximum absolute atomic E-state index is 13.7. The topological polar surface area (TPSA) is 66.3 Å². The monoisotopic (exact) mass is 476 g/mol. The van der Waals surface area contributed by atoms with Crippen LogP contribution in [0.25, 0.3) is 0 Å². The van der Waals surface area contributed by atoms with E-state index in [1.807, 2.05) is 29.3 Å². The zero-order valence-corrected chi connectivity index (χ0v) is 20.6. The average molecular weight is 477 g/mol. The number of nitrogens with one attached hydrogen (secondary N) is 1. The van der Waals surface area contributed by atoms with Crippen molar-refractivity contribution in [3.05, 3.63) is 77.6 Å². The van der Waals surface area contributed by atoms with Crippen molar-refractivity contribution in [1.29, 1.82) is 0 Å². The number of carbonyl (C=O) groups is 1. The van der Waals surface area contributed by atoms with E-state index in [0.717, 1.165) is 36.5 Å². The summed E-state index contributed by atoms with van der Waals surface area (Å²) in [5.74, 6) is -0.277. The van der Waals surface area contributed by atoms with Crippen LogP contribution >= 0.6 is 0 Å². The molecule has 7 nitrogen and oxygen atoms in total. The van der Waals surface area contributed by atoms with E-state index in [-0.39, 0.29) is 29.2 Å². The highest BCUT2D eigenvalue weighted by molar-refractivity contribution is 5.97. The van der Waals surface area contributed by atoms with Crippen LogP contribution in [0, 0.1) is 5.82 Å². The van der Waals surface area contributed by atoms with Gasteiger partial charge in [-0.15, -0.1) is 0 Å². The van der Waals surface area contributed by atoms with Crippen LogP contribution in [0.1, 0.15) is 37.6 Å². The zero-order chi connectivity index (χ0) is 24.6. The Labute approximate surface area is 206 Å². The summed E-state index contributed by atoms with van der Waals surface area (Å²) in [6.07, 6.45) is 5.34. The molecule has 3 aromatic rings. The van der Waals surface area contributed by atoms with Crippen molar-refractivity contribution < 1.29 is 9.18 Å². The van der Waals surface area contributed by atoms with E-state index in [4.69, 9.17) is 4.98 Å². The molecule has 2 atom stereocenters. The third kappa shape index (κ3) is 5.13. The first-order valence-corrected chi connectivity index (χ1v) is 12.3. The number of halogens is 1. The van der Waals surface area contributed by atoms with Gasteiger partial charge in [-0.2, -0.15) is 5.10 Å². The Morgan fingerprint density at radius 3 is 2.74 bits per heavy atom. The van der Waals surface area contributed by atoms with Crippen molar-refractivity contribution in [1.82, 2.24) is 25.0 Å². The van der Waals surface area contributed by atoms with E-state index in [0.29, 0.717) is 19.6 Å². The Hall–Kier alpha value is -3.10. The van der Waals surface area contributed by atoms with Crippen LogP contribution in [0.2, 0.25) is 0 Å². The van der Waals surface area contributed by atoms with E-state index >= 15 is 0 Å². The molecule has 35 heavy (non-hydrogen) atoms. The lowest BCUT2D eigenvalue weighted by atomic mass is 9.91. The van der Waals surface area contributed by atoms with Crippen LogP contribution in [-0.2, 0) is 23.2 Å². The lowest BCUT2D eigenvalue weighted by molar-refractivity contribution is -0.120. The second-order valence-electron chi connectivity index (χ2n) is 10.5. The van der Waals surface area contributed by atoms with E-state index in [2.05, 4.69) is 54.3 Å². The number of pyridine rings is 1. The minimum atomic E-state index is -0.348. The van der Waals surface area contributed by atoms with Gasteiger partial charge in [0.25, 0.3) is 0 Å². The largest absolute Gasteiger partial charge is 0.311 e. The molecule has 0 unspecified atom stereocenters. The van der Waals surface area contributed by atoms with Gasteiger partial charge in [0.2, 0.25) is 5.91 Å². The summed E-state index contributed by atoms with van der Waals surface area (Å²) < 4.78 is 15.1. The van der Waals surface area contributed by atoms with Crippen LogP contribution in [0.5, 0.6) is 0 Å². The van der Waals surface area contributed by atoms with Crippen molar-refractivity contribution in [2.24, 2.45) is 0 Å². The summed E-state index contributed by atoms with van der Waals surface area (Å²) in [6, 6.07) is 12.8. The first kappa shape index (κ1) is 23.6. The Kier molecular flexibility index (Phi) is 6.42. The first-order chi connectivity index (χ1) is 16.8. The number of carbonyl (C=O) groups excluding carboxylic acids is 1. The standard InChI is InChI=1S/C27H33FN6O/c1-19-14-32(23(13-29-19)16-33-15-22(28)12-31-33)17-25(35)34-18-27(2,3)26-24(34)10-21(11-30-26)9-20-7-5-4-6-8-20/h4-8,10-12,15,19,23,29H,9,13-14,16-18H2,1-3H3/t19-,23-/m1/s1. The van der Waals surface area contributed by atoms with Gasteiger partial charge in [0, 0.05) is 43.3 Å². The number of aromatic nitrogens is 3. The maximum Gasteiger partial charge on any atom is 0.241 e. The van der Waals surface area contributed by atoms with Crippen molar-refractivity contribution in [3.8, 4) is 0 Å². The van der Waals surface area contributed by atoms with Crippen LogP contribution in [-0.4, -0.2) is 63.8 Å². The number of benzene rings is 1. The fraction of sp³-hybridized carbons (Fsp3) is 0.444. The molecule has 1 N–H and O–H groups in total. The van der Waals surface area contributed by atoms with E-state index in [1.54, 1.807) is 4.68 Å². The molecule has 0 spiro atoms. The minimum absolute atomic E-state index is 0.0482. The van der Waals surface area contributed by atoms with Gasteiger partial charge in [0.1, 0.15) is 0 Å². The molecule has 184 valence electrons. The number of hydrogen-bond donors (Lipinski definition) is 1. The lowest BCUT2D eigenvalue weighted by Crippen LogP contribution is -2.59. The third-order valence-electron chi connectivity index (χ3n) is 7.03. The molecule has 8 heteroatoms. The normalized spacial score (nSPS) is 21.8. The quantitative estimate of drug-likeness (QED) is 0.593. The SMILES string of the molecule is C[C@@H]1CN(CC(=O)N2CC(C)(C)c3ncc(Cc4ccccc4)cc32)[C@@H](Cn2cc(F)cn2)CN1. The highest BCUT2D eigenvalue weighted by Crippen LogP contribution is 2.39. The van der Waals surface area contributed by atoms with E-state index < -0.39 is 0 Å². The Bertz CT molecular complexity index is 1190. The highest BCUT2D eigenvalue weighted by Gasteiger charge is 2.40. The van der Waals surface area contributed by atoms with Gasteiger partial charge < -0.3 is 10.2 Å². The highest BCUT2D eigenvalue weighted by atomic mass is 19.1. The number of hydrogen-bond acceptors (Lipinski definition) is 5. The van der Waals surface area contributed by atoms with Gasteiger partial charge >= 0.3 is 0 Å². The number of rotatable bonds is 6. The molecule has 0 radical (unpaired) electrons. The number of piperazine rings is 1. The molecule has 5 rings (SSSR count). The van der Waals surface area contributed by atoms with Crippen LogP contribution < -0.4 is 10.2 Å². The Balaban J connectivity index is 1.35. The summed E-state index contributed by atoms with van der Waals surface area (Å²) in [6.45, 7) is 9.32. The molecule has 0 saturated carbocycles. The molecule has 0 aliphatic carbocycles. The van der Waals surface area contributed by atoms with E-state index in [9.17, 15) is 9.18 Å². The molecule has 4 heterocycles. The number of amides is 1. The second kappa shape index (κ2) is 9.51. The van der Waals surface area contributed by atoms with E-state index in [1.165, 1.54) is 18.0 Å². The van der Waals surface area contributed by atoms with Gasteiger partial charge in [0.15, 0.2) is 5.82 Å². The van der Waals surface area contributed by atoms with Crippen LogP contribution in [0.4, 0.5) is 10.1 Å². The number of nitrogens with zero attached hydrogens (tertiary/aromatic N) is 5. The summed E-state index contributed by atoms with van der Waals surface area (Å²) >= 11 is 0. The van der Waals surface area contributed by atoms with Crippen molar-refractivity contribution in [2.45, 2.75) is 51.2 Å². The number of anilines is 1. The molecular weight excluding hydrogens is 443 g/mol. The van der Waals surface area contributed by atoms with Crippen molar-refractivity contribution in [2.75, 3.05) is 31.1 Å². The Morgan fingerprint density at radius 1 is 1.20 bits per heavy atom. The first-order valence-electron chi connectivity index (χ1n) is 12.3. The van der Waals surface area contributed by atoms with Gasteiger partial charge in [-0.05, 0) is 30.5 Å². The molecular formula is C27H33FN6O. The zero-order valence-electron chi connectivity index (χ0n) is 20.6. The predicted molar refractivity (Wildman–Crippen MR) is 134 cm³/mol. The molecule has 1 fully saturated rings. The number of fused-ring (bicyclic) bond motifs is 1. The maximum atomic E-state index is 13.7. The molecule has 1 aromatic carbocycles. The fourth-order valence-corrected chi connectivity index (χ4v) is 5.25. The third-order valence-corrected chi connectivity index (χ3v) is 7.03. The van der Waals surface area contributed by atoms with Gasteiger partial charge in [0.05, 0.1) is 36.9 Å². The smallest absolute Gasteiger partial charge is 0.241 e. The minimum Gasteiger partial charge on any atom is -0.311 e. The van der Waals surface area contributed by atoms with Gasteiger partial charge in [-0.25, -0.2) is 4.39 Å². The predicted octanol–water partition coefficient (Wildman–Crippen LogP) is 2.99. The molecule has 2 aliphatic heterocycles. The van der Waals surface area contributed by atoms with Crippen molar-refractivity contribution in [3.63, 3.8) is 0 Å². The Morgan fingerprint density at radius 2 is 2.00 bits per heavy atom. The van der Waals surface area contributed by atoms with Gasteiger partial charge in [-0.1, -0.05) is 44.2 Å². The molecule has 2 aliphatic rings. The van der Waals surface area contributed by atoms with Crippen LogP contribution in [0.15, 0.2) is 55.0 Å². The summed E-state index contributed by atoms with van der Waals surface area (Å²) in [5, 5.41) is 7.58. The average Bonchev–Trinajstić information content (AvgIpc) is 3.35. The fourth-order valence-electron chi connectivity index (χ4n) is 5.25.